The van der Waals surface area contributed by atoms with E-state index in [2.05, 4.69) is 29.2 Å². The summed E-state index contributed by atoms with van der Waals surface area (Å²) in [5, 5.41) is 0. The molecule has 5 rings (SSSR count). The number of piperazine rings is 1. The Labute approximate surface area is 210 Å². The smallest absolute Gasteiger partial charge is 0.262 e. The molecule has 0 radical (unpaired) electrons. The molecule has 0 spiro atoms. The molecule has 3 aromatic rings. The van der Waals surface area contributed by atoms with Crippen LogP contribution in [0.15, 0.2) is 84.9 Å². The van der Waals surface area contributed by atoms with E-state index in [1.165, 1.54) is 0 Å². The van der Waals surface area contributed by atoms with E-state index in [9.17, 15) is 14.4 Å². The zero-order valence-electron chi connectivity index (χ0n) is 20.1. The zero-order valence-corrected chi connectivity index (χ0v) is 20.1. The highest BCUT2D eigenvalue weighted by atomic mass is 16.5. The lowest BCUT2D eigenvalue weighted by atomic mass is 10.0. The van der Waals surface area contributed by atoms with Crippen LogP contribution in [-0.4, -0.2) is 78.3 Å². The van der Waals surface area contributed by atoms with Gasteiger partial charge in [0.2, 0.25) is 5.91 Å². The average Bonchev–Trinajstić information content (AvgIpc) is 3.17. The summed E-state index contributed by atoms with van der Waals surface area (Å²) in [5.74, 6) is -0.995. The molecule has 0 aromatic heterocycles. The fraction of sp³-hybridized carbons (Fsp3) is 0.276. The monoisotopic (exact) mass is 483 g/mol. The van der Waals surface area contributed by atoms with Crippen molar-refractivity contribution in [3.63, 3.8) is 0 Å². The number of imide groups is 1. The van der Waals surface area contributed by atoms with Gasteiger partial charge in [0, 0.05) is 32.7 Å². The molecule has 0 N–H and O–H groups in total. The number of carbonyl (C=O) groups is 3. The van der Waals surface area contributed by atoms with Gasteiger partial charge >= 0.3 is 0 Å². The number of carbonyl (C=O) groups excluding carboxylic acids is 3. The summed E-state index contributed by atoms with van der Waals surface area (Å²) in [7, 11) is 0. The Kier molecular flexibility index (Phi) is 7.21. The molecule has 0 atom stereocenters. The fourth-order valence-electron chi connectivity index (χ4n) is 4.78. The normalized spacial score (nSPS) is 16.0. The first-order chi connectivity index (χ1) is 17.6. The van der Waals surface area contributed by atoms with Crippen molar-refractivity contribution in [2.24, 2.45) is 0 Å². The second kappa shape index (κ2) is 10.8. The van der Waals surface area contributed by atoms with E-state index in [1.807, 2.05) is 36.4 Å². The highest BCUT2D eigenvalue weighted by molar-refractivity contribution is 6.22. The predicted molar refractivity (Wildman–Crippen MR) is 136 cm³/mol. The number of rotatable bonds is 8. The Morgan fingerprint density at radius 3 is 1.75 bits per heavy atom. The van der Waals surface area contributed by atoms with Crippen LogP contribution < -0.4 is 0 Å². The highest BCUT2D eigenvalue weighted by Crippen LogP contribution is 2.26. The number of amides is 3. The van der Waals surface area contributed by atoms with E-state index in [-0.39, 0.29) is 18.6 Å². The highest BCUT2D eigenvalue weighted by Gasteiger charge is 2.37. The van der Waals surface area contributed by atoms with Crippen molar-refractivity contribution >= 4 is 17.7 Å². The van der Waals surface area contributed by atoms with Crippen molar-refractivity contribution in [2.75, 3.05) is 45.9 Å². The van der Waals surface area contributed by atoms with E-state index in [0.29, 0.717) is 30.8 Å². The van der Waals surface area contributed by atoms with Crippen LogP contribution in [0.5, 0.6) is 0 Å². The first kappa shape index (κ1) is 23.9. The fourth-order valence-corrected chi connectivity index (χ4v) is 4.78. The molecule has 36 heavy (non-hydrogen) atoms. The number of ether oxygens (including phenoxy) is 1. The van der Waals surface area contributed by atoms with Gasteiger partial charge in [-0.2, -0.15) is 0 Å². The third-order valence-electron chi connectivity index (χ3n) is 6.79. The summed E-state index contributed by atoms with van der Waals surface area (Å²) >= 11 is 0. The van der Waals surface area contributed by atoms with Gasteiger partial charge in [0.05, 0.1) is 17.7 Å². The SMILES string of the molecule is O=C(CN1C(=O)c2ccccc2C1=O)N1CCN(CCOC(c2ccccc2)c2ccccc2)CC1. The lowest BCUT2D eigenvalue weighted by Gasteiger charge is -2.35. The minimum Gasteiger partial charge on any atom is -0.367 e. The van der Waals surface area contributed by atoms with E-state index >= 15 is 0 Å². The van der Waals surface area contributed by atoms with E-state index < -0.39 is 11.8 Å². The van der Waals surface area contributed by atoms with Gasteiger partial charge in [-0.3, -0.25) is 24.2 Å². The minimum absolute atomic E-state index is 0.130. The van der Waals surface area contributed by atoms with Crippen molar-refractivity contribution in [2.45, 2.75) is 6.10 Å². The minimum atomic E-state index is -0.397. The largest absolute Gasteiger partial charge is 0.367 e. The van der Waals surface area contributed by atoms with Crippen LogP contribution in [-0.2, 0) is 9.53 Å². The molecule has 0 aliphatic carbocycles. The van der Waals surface area contributed by atoms with Crippen LogP contribution in [0.4, 0.5) is 0 Å². The van der Waals surface area contributed by atoms with Crippen LogP contribution in [0.3, 0.4) is 0 Å². The Hall–Kier alpha value is -3.81. The molecule has 2 aliphatic rings. The van der Waals surface area contributed by atoms with Gasteiger partial charge in [0.25, 0.3) is 11.8 Å². The molecule has 3 amide bonds. The molecule has 7 nitrogen and oxygen atoms in total. The standard InChI is InChI=1S/C29H29N3O4/c33-26(21-32-28(34)24-13-7-8-14-25(24)29(32)35)31-17-15-30(16-18-31)19-20-36-27(22-9-3-1-4-10-22)23-11-5-2-6-12-23/h1-14,27H,15-21H2. The second-order valence-electron chi connectivity index (χ2n) is 9.04. The van der Waals surface area contributed by atoms with Gasteiger partial charge in [0.15, 0.2) is 0 Å². The maximum absolute atomic E-state index is 12.9. The van der Waals surface area contributed by atoms with Gasteiger partial charge in [-0.1, -0.05) is 72.8 Å². The molecule has 3 aromatic carbocycles. The van der Waals surface area contributed by atoms with Gasteiger partial charge in [0.1, 0.15) is 12.6 Å². The Balaban J connectivity index is 1.11. The van der Waals surface area contributed by atoms with Gasteiger partial charge in [-0.05, 0) is 23.3 Å². The molecule has 184 valence electrons. The average molecular weight is 484 g/mol. The molecule has 1 saturated heterocycles. The Bertz CT molecular complexity index is 1150. The van der Waals surface area contributed by atoms with Crippen molar-refractivity contribution in [3.8, 4) is 0 Å². The summed E-state index contributed by atoms with van der Waals surface area (Å²) < 4.78 is 6.33. The summed E-state index contributed by atoms with van der Waals surface area (Å²) in [6.07, 6.45) is -0.130. The number of hydrogen-bond donors (Lipinski definition) is 0. The van der Waals surface area contributed by atoms with Gasteiger partial charge in [-0.25, -0.2) is 0 Å². The molecule has 2 aliphatic heterocycles. The quantitative estimate of drug-likeness (QED) is 0.460. The molecule has 2 heterocycles. The third kappa shape index (κ3) is 5.08. The van der Waals surface area contributed by atoms with E-state index in [4.69, 9.17) is 4.74 Å². The molecular weight excluding hydrogens is 454 g/mol. The lowest BCUT2D eigenvalue weighted by Crippen LogP contribution is -2.52. The topological polar surface area (TPSA) is 70.2 Å². The van der Waals surface area contributed by atoms with E-state index in [0.717, 1.165) is 35.7 Å². The van der Waals surface area contributed by atoms with Crippen molar-refractivity contribution < 1.29 is 19.1 Å². The predicted octanol–water partition coefficient (Wildman–Crippen LogP) is 3.23. The van der Waals surface area contributed by atoms with Crippen molar-refractivity contribution in [1.29, 1.82) is 0 Å². The van der Waals surface area contributed by atoms with Crippen molar-refractivity contribution in [1.82, 2.24) is 14.7 Å². The molecular formula is C29H29N3O4. The maximum Gasteiger partial charge on any atom is 0.262 e. The summed E-state index contributed by atoms with van der Waals surface area (Å²) in [6, 6.07) is 27.1. The number of fused-ring (bicyclic) bond motifs is 1. The zero-order chi connectivity index (χ0) is 24.9. The van der Waals surface area contributed by atoms with E-state index in [1.54, 1.807) is 29.2 Å². The Morgan fingerprint density at radius 1 is 0.722 bits per heavy atom. The molecule has 0 bridgehead atoms. The number of nitrogens with zero attached hydrogens (tertiary/aromatic N) is 3. The molecule has 1 fully saturated rings. The van der Waals surface area contributed by atoms with Gasteiger partial charge < -0.3 is 9.64 Å². The number of hydrogen-bond acceptors (Lipinski definition) is 5. The summed E-state index contributed by atoms with van der Waals surface area (Å²) in [5.41, 5.74) is 2.97. The molecule has 7 heteroatoms. The summed E-state index contributed by atoms with van der Waals surface area (Å²) in [6.45, 7) is 3.67. The second-order valence-corrected chi connectivity index (χ2v) is 9.04. The Morgan fingerprint density at radius 2 is 1.22 bits per heavy atom. The van der Waals surface area contributed by atoms with Crippen LogP contribution in [0.25, 0.3) is 0 Å². The van der Waals surface area contributed by atoms with Crippen LogP contribution >= 0.6 is 0 Å². The lowest BCUT2D eigenvalue weighted by molar-refractivity contribution is -0.133. The van der Waals surface area contributed by atoms with Crippen LogP contribution in [0.1, 0.15) is 37.9 Å². The molecule has 0 unspecified atom stereocenters. The van der Waals surface area contributed by atoms with Crippen LogP contribution in [0.2, 0.25) is 0 Å². The van der Waals surface area contributed by atoms with Crippen LogP contribution in [0, 0.1) is 0 Å². The first-order valence-electron chi connectivity index (χ1n) is 12.3. The first-order valence-corrected chi connectivity index (χ1v) is 12.3. The maximum atomic E-state index is 12.9. The molecule has 0 saturated carbocycles. The third-order valence-corrected chi connectivity index (χ3v) is 6.79. The van der Waals surface area contributed by atoms with Gasteiger partial charge in [-0.15, -0.1) is 0 Å². The number of benzene rings is 3. The van der Waals surface area contributed by atoms with Crippen molar-refractivity contribution in [3.05, 3.63) is 107 Å². The summed E-state index contributed by atoms with van der Waals surface area (Å²) in [4.78, 5) is 43.1.